The monoisotopic (exact) mass is 484 g/mol. The van der Waals surface area contributed by atoms with Gasteiger partial charge in [0.05, 0.1) is 18.0 Å². The van der Waals surface area contributed by atoms with Crippen LogP contribution in [0, 0.1) is 12.3 Å². The van der Waals surface area contributed by atoms with Crippen LogP contribution in [0.25, 0.3) is 10.9 Å². The molecule has 0 aliphatic heterocycles. The van der Waals surface area contributed by atoms with Gasteiger partial charge >= 0.3 is 0 Å². The van der Waals surface area contributed by atoms with Crippen LogP contribution in [0.5, 0.6) is 0 Å². The molecule has 0 radical (unpaired) electrons. The highest BCUT2D eigenvalue weighted by Crippen LogP contribution is 2.27. The number of amidine groups is 1. The minimum atomic E-state index is -0.275. The zero-order chi connectivity index (χ0) is 21.5. The summed E-state index contributed by atoms with van der Waals surface area (Å²) < 4.78 is 5.09. The van der Waals surface area contributed by atoms with E-state index in [2.05, 4.69) is 25.9 Å². The number of methoxy groups -OCH3 is 1. The Balaban J connectivity index is 0.00000256. The number of nitrogens with one attached hydrogen (secondary N) is 4. The molecule has 1 aliphatic rings. The van der Waals surface area contributed by atoms with Crippen LogP contribution in [0.3, 0.4) is 0 Å². The fourth-order valence-corrected chi connectivity index (χ4v) is 3.85. The van der Waals surface area contributed by atoms with E-state index < -0.39 is 0 Å². The van der Waals surface area contributed by atoms with Gasteiger partial charge in [-0.15, -0.1) is 24.8 Å². The molecule has 3 rings (SSSR count). The summed E-state index contributed by atoms with van der Waals surface area (Å²) in [5, 5.41) is 18.8. The molecule has 2 aromatic rings. The highest BCUT2D eigenvalue weighted by atomic mass is 35.5. The number of anilines is 1. The van der Waals surface area contributed by atoms with Crippen molar-refractivity contribution in [3.05, 3.63) is 29.6 Å². The fourth-order valence-electron chi connectivity index (χ4n) is 3.85. The second-order valence-electron chi connectivity index (χ2n) is 7.78. The van der Waals surface area contributed by atoms with Gasteiger partial charge in [-0.3, -0.25) is 10.2 Å². The summed E-state index contributed by atoms with van der Waals surface area (Å²) in [6.07, 6.45) is 4.77. The number of benzene rings is 1. The van der Waals surface area contributed by atoms with E-state index >= 15 is 0 Å². The Morgan fingerprint density at radius 1 is 1.19 bits per heavy atom. The van der Waals surface area contributed by atoms with Crippen LogP contribution in [0.1, 0.15) is 55.2 Å². The number of aryl methyl sites for hydroxylation is 1. The van der Waals surface area contributed by atoms with E-state index in [0.29, 0.717) is 31.2 Å². The molecule has 1 aromatic heterocycles. The Morgan fingerprint density at radius 2 is 1.91 bits per heavy atom. The van der Waals surface area contributed by atoms with Gasteiger partial charge in [-0.25, -0.2) is 9.97 Å². The van der Waals surface area contributed by atoms with Gasteiger partial charge in [0.1, 0.15) is 5.82 Å². The summed E-state index contributed by atoms with van der Waals surface area (Å²) in [5.41, 5.74) is 1.85. The summed E-state index contributed by atoms with van der Waals surface area (Å²) >= 11 is 0. The lowest BCUT2D eigenvalue weighted by Gasteiger charge is -2.34. The smallest absolute Gasteiger partial charge is 0.289 e. The highest BCUT2D eigenvalue weighted by molar-refractivity contribution is 5.96. The standard InChI is InChI=1S/C22H32N6O2.2ClH/c1-4-24-22(29)21-26-16-10-9-14(2)13-15(16)20(28-21)27-18-8-6-5-7-17(18)25-19(23)11-12-30-3;;/h9-10,13,17-18H,4-8,11-12H2,1-3H3,(H2,23,25)(H,24,29)(H,26,27,28);2*1H/t17-,18+;;/m1../s1. The molecular formula is C22H34Cl2N6O2. The number of fused-ring (bicyclic) bond motifs is 1. The number of carbonyl (C=O) groups excluding carboxylic acids is 1. The van der Waals surface area contributed by atoms with E-state index in [4.69, 9.17) is 10.1 Å². The highest BCUT2D eigenvalue weighted by Gasteiger charge is 2.27. The molecule has 0 saturated heterocycles. The first-order valence-electron chi connectivity index (χ1n) is 10.7. The quantitative estimate of drug-likeness (QED) is 0.334. The third-order valence-corrected chi connectivity index (χ3v) is 5.40. The van der Waals surface area contributed by atoms with Crippen LogP contribution in [-0.2, 0) is 4.74 Å². The van der Waals surface area contributed by atoms with Crippen molar-refractivity contribution in [3.63, 3.8) is 0 Å². The summed E-state index contributed by atoms with van der Waals surface area (Å²) in [4.78, 5) is 21.4. The third kappa shape index (κ3) is 7.18. The van der Waals surface area contributed by atoms with E-state index in [1.165, 1.54) is 0 Å². The number of rotatable bonds is 8. The zero-order valence-corrected chi connectivity index (χ0v) is 20.5. The minimum Gasteiger partial charge on any atom is -0.384 e. The molecule has 1 aromatic carbocycles. The fraction of sp³-hybridized carbons (Fsp3) is 0.545. The van der Waals surface area contributed by atoms with Gasteiger partial charge in [-0.1, -0.05) is 24.5 Å². The summed E-state index contributed by atoms with van der Waals surface area (Å²) in [7, 11) is 1.65. The molecule has 1 heterocycles. The Labute approximate surface area is 202 Å². The number of aromatic nitrogens is 2. The first-order valence-corrected chi connectivity index (χ1v) is 10.7. The van der Waals surface area contributed by atoms with Crippen molar-refractivity contribution in [2.45, 2.75) is 58.0 Å². The van der Waals surface area contributed by atoms with Crippen LogP contribution in [0.15, 0.2) is 18.2 Å². The molecule has 1 amide bonds. The largest absolute Gasteiger partial charge is 0.384 e. The average molecular weight is 485 g/mol. The third-order valence-electron chi connectivity index (χ3n) is 5.40. The molecule has 0 unspecified atom stereocenters. The van der Waals surface area contributed by atoms with E-state index in [9.17, 15) is 4.79 Å². The van der Waals surface area contributed by atoms with Crippen molar-refractivity contribution in [1.29, 1.82) is 5.41 Å². The number of ether oxygens (including phenoxy) is 1. The second-order valence-corrected chi connectivity index (χ2v) is 7.78. The minimum absolute atomic E-state index is 0. The molecular weight excluding hydrogens is 451 g/mol. The summed E-state index contributed by atoms with van der Waals surface area (Å²) in [6.45, 7) is 4.96. The van der Waals surface area contributed by atoms with Gasteiger partial charge in [-0.05, 0) is 38.8 Å². The van der Waals surface area contributed by atoms with Crippen molar-refractivity contribution in [1.82, 2.24) is 20.6 Å². The van der Waals surface area contributed by atoms with Gasteiger partial charge in [0.15, 0.2) is 0 Å². The van der Waals surface area contributed by atoms with Crippen LogP contribution in [0.2, 0.25) is 0 Å². The first-order chi connectivity index (χ1) is 14.5. The van der Waals surface area contributed by atoms with E-state index in [1.54, 1.807) is 7.11 Å². The van der Waals surface area contributed by atoms with E-state index in [1.807, 2.05) is 32.0 Å². The maximum atomic E-state index is 12.4. The lowest BCUT2D eigenvalue weighted by Crippen LogP contribution is -2.48. The molecule has 10 heteroatoms. The SMILES string of the molecule is CCNC(=O)c1nc(N[C@H]2CCCC[C@H]2NC(=N)CCOC)c2cc(C)ccc2n1.Cl.Cl. The Kier molecular flexibility index (Phi) is 11.7. The van der Waals surface area contributed by atoms with Crippen LogP contribution in [0.4, 0.5) is 5.82 Å². The Bertz CT molecular complexity index is 911. The van der Waals surface area contributed by atoms with Crippen molar-refractivity contribution in [3.8, 4) is 0 Å². The van der Waals surface area contributed by atoms with E-state index in [0.717, 1.165) is 42.1 Å². The molecule has 0 bridgehead atoms. The lowest BCUT2D eigenvalue weighted by atomic mass is 9.90. The number of nitrogens with zero attached hydrogens (tertiary/aromatic N) is 2. The maximum Gasteiger partial charge on any atom is 0.289 e. The van der Waals surface area contributed by atoms with Gasteiger partial charge in [0, 0.05) is 37.5 Å². The van der Waals surface area contributed by atoms with E-state index in [-0.39, 0.29) is 48.6 Å². The van der Waals surface area contributed by atoms with Crippen molar-refractivity contribution >= 4 is 53.3 Å². The molecule has 4 N–H and O–H groups in total. The maximum absolute atomic E-state index is 12.4. The van der Waals surface area contributed by atoms with Crippen LogP contribution >= 0.6 is 24.8 Å². The number of halogens is 2. The molecule has 0 spiro atoms. The number of amides is 1. The summed E-state index contributed by atoms with van der Waals surface area (Å²) in [6, 6.07) is 6.21. The first kappa shape index (κ1) is 27.9. The zero-order valence-electron chi connectivity index (χ0n) is 18.9. The number of hydrogen-bond acceptors (Lipinski definition) is 6. The van der Waals surface area contributed by atoms with Gasteiger partial charge in [0.25, 0.3) is 5.91 Å². The predicted octanol–water partition coefficient (Wildman–Crippen LogP) is 3.86. The van der Waals surface area contributed by atoms with Gasteiger partial charge < -0.3 is 20.7 Å². The van der Waals surface area contributed by atoms with Gasteiger partial charge in [-0.2, -0.15) is 0 Å². The number of carbonyl (C=O) groups is 1. The predicted molar refractivity (Wildman–Crippen MR) is 134 cm³/mol. The van der Waals surface area contributed by atoms with Crippen molar-refractivity contribution < 1.29 is 9.53 Å². The van der Waals surface area contributed by atoms with Crippen LogP contribution in [-0.4, -0.2) is 54.1 Å². The lowest BCUT2D eigenvalue weighted by molar-refractivity contribution is 0.0946. The average Bonchev–Trinajstić information content (AvgIpc) is 2.74. The van der Waals surface area contributed by atoms with Crippen molar-refractivity contribution in [2.75, 3.05) is 25.6 Å². The molecule has 1 aliphatic carbocycles. The molecule has 32 heavy (non-hydrogen) atoms. The van der Waals surface area contributed by atoms with Crippen molar-refractivity contribution in [2.24, 2.45) is 0 Å². The normalized spacial score (nSPS) is 17.6. The molecule has 8 nitrogen and oxygen atoms in total. The number of hydrogen-bond donors (Lipinski definition) is 4. The molecule has 1 saturated carbocycles. The summed E-state index contributed by atoms with van der Waals surface area (Å²) in [5.74, 6) is 1.06. The second kappa shape index (κ2) is 13.4. The Hall–Kier alpha value is -2.16. The Morgan fingerprint density at radius 3 is 2.59 bits per heavy atom. The van der Waals surface area contributed by atoms with Crippen LogP contribution < -0.4 is 16.0 Å². The molecule has 178 valence electrons. The van der Waals surface area contributed by atoms with Gasteiger partial charge in [0.2, 0.25) is 5.82 Å². The molecule has 1 fully saturated rings. The topological polar surface area (TPSA) is 112 Å². The molecule has 2 atom stereocenters.